The third-order valence-corrected chi connectivity index (χ3v) is 6.61. The number of fused-ring (bicyclic) bond motifs is 1. The maximum Gasteiger partial charge on any atom is 0.268 e. The van der Waals surface area contributed by atoms with Crippen LogP contribution in [0.25, 0.3) is 5.69 Å². The summed E-state index contributed by atoms with van der Waals surface area (Å²) in [5.74, 6) is 1.27. The molecule has 0 radical (unpaired) electrons. The van der Waals surface area contributed by atoms with Gasteiger partial charge in [0.05, 0.1) is 21.3 Å². The van der Waals surface area contributed by atoms with Gasteiger partial charge in [0, 0.05) is 29.9 Å². The van der Waals surface area contributed by atoms with E-state index in [1.807, 2.05) is 26.0 Å². The molecule has 0 unspecified atom stereocenters. The lowest BCUT2D eigenvalue weighted by molar-refractivity contribution is 0.0908. The minimum absolute atomic E-state index is 0.0602. The van der Waals surface area contributed by atoms with Crippen molar-refractivity contribution >= 4 is 11.7 Å². The number of pyridine rings is 1. The number of carbonyl (C=O) groups excluding carboxylic acids is 2. The molecule has 2 aromatic carbocycles. The van der Waals surface area contributed by atoms with E-state index in [2.05, 4.69) is 5.32 Å². The molecule has 0 bridgehead atoms. The largest absolute Gasteiger partial charge is 0.497 e. The Bertz CT molecular complexity index is 1390. The third-order valence-electron chi connectivity index (χ3n) is 6.61. The van der Waals surface area contributed by atoms with Crippen LogP contribution in [0.15, 0.2) is 53.3 Å². The van der Waals surface area contributed by atoms with Crippen LogP contribution >= 0.6 is 0 Å². The highest BCUT2D eigenvalue weighted by Crippen LogP contribution is 2.35. The summed E-state index contributed by atoms with van der Waals surface area (Å²) in [7, 11) is 4.70. The van der Waals surface area contributed by atoms with E-state index in [-0.39, 0.29) is 16.8 Å². The van der Waals surface area contributed by atoms with Gasteiger partial charge in [0.25, 0.3) is 11.5 Å². The molecule has 0 fully saturated rings. The molecule has 1 aliphatic rings. The van der Waals surface area contributed by atoms with Gasteiger partial charge >= 0.3 is 0 Å². The molecule has 0 aliphatic heterocycles. The number of nitrogens with zero attached hydrogens (tertiary/aromatic N) is 1. The smallest absolute Gasteiger partial charge is 0.268 e. The highest BCUT2D eigenvalue weighted by atomic mass is 16.5. The fraction of sp³-hybridized carbons (Fsp3) is 0.345. The summed E-state index contributed by atoms with van der Waals surface area (Å²) in [6, 6.07) is 14.0. The number of amides is 1. The Morgan fingerprint density at radius 3 is 2.27 bits per heavy atom. The maximum atomic E-state index is 13.7. The van der Waals surface area contributed by atoms with Gasteiger partial charge in [0.2, 0.25) is 0 Å². The Hall–Kier alpha value is -4.07. The van der Waals surface area contributed by atoms with Gasteiger partial charge in [0.15, 0.2) is 17.3 Å². The summed E-state index contributed by atoms with van der Waals surface area (Å²) in [4.78, 5) is 39.9. The second-order valence-corrected chi connectivity index (χ2v) is 9.89. The highest BCUT2D eigenvalue weighted by molar-refractivity contribution is 6.02. The zero-order valence-electron chi connectivity index (χ0n) is 21.8. The van der Waals surface area contributed by atoms with Gasteiger partial charge in [-0.25, -0.2) is 0 Å². The second-order valence-electron chi connectivity index (χ2n) is 9.89. The third kappa shape index (κ3) is 5.38. The van der Waals surface area contributed by atoms with Gasteiger partial charge in [-0.1, -0.05) is 19.9 Å². The maximum absolute atomic E-state index is 13.7. The molecule has 194 valence electrons. The van der Waals surface area contributed by atoms with Crippen LogP contribution in [0, 0.1) is 5.41 Å². The first-order valence-corrected chi connectivity index (χ1v) is 12.1. The number of hydrogen-bond acceptors (Lipinski definition) is 6. The van der Waals surface area contributed by atoms with Crippen LogP contribution in [0.3, 0.4) is 0 Å². The van der Waals surface area contributed by atoms with Crippen molar-refractivity contribution in [2.45, 2.75) is 33.1 Å². The molecular formula is C29H32N2O6. The molecule has 1 amide bonds. The Balaban J connectivity index is 1.66. The number of ether oxygens (including phenoxy) is 3. The van der Waals surface area contributed by atoms with Gasteiger partial charge in [-0.2, -0.15) is 0 Å². The van der Waals surface area contributed by atoms with Crippen molar-refractivity contribution in [2.75, 3.05) is 27.9 Å². The van der Waals surface area contributed by atoms with E-state index in [0.717, 1.165) is 5.56 Å². The average molecular weight is 505 g/mol. The Morgan fingerprint density at radius 2 is 1.62 bits per heavy atom. The molecule has 0 spiro atoms. The molecule has 37 heavy (non-hydrogen) atoms. The average Bonchev–Trinajstić information content (AvgIpc) is 2.87. The van der Waals surface area contributed by atoms with Crippen molar-refractivity contribution < 1.29 is 23.8 Å². The molecule has 0 atom stereocenters. The summed E-state index contributed by atoms with van der Waals surface area (Å²) in [5, 5.41) is 2.83. The Kier molecular flexibility index (Phi) is 7.38. The number of hydrogen-bond donors (Lipinski definition) is 1. The van der Waals surface area contributed by atoms with Crippen molar-refractivity contribution in [1.82, 2.24) is 9.88 Å². The number of rotatable bonds is 8. The standard InChI is InChI=1S/C29H32N2O6/c1-29(2)16-23-21(24(32)17-29)15-22(28(34)31(23)19-7-9-20(35-3)10-8-19)27(33)30-13-12-18-6-11-25(36-4)26(14-18)37-5/h6-11,14-15H,12-13,16-17H2,1-5H3,(H,30,33). The minimum atomic E-state index is -0.520. The molecule has 1 aromatic heterocycles. The molecule has 0 saturated carbocycles. The fourth-order valence-corrected chi connectivity index (χ4v) is 4.73. The zero-order chi connectivity index (χ0) is 26.7. The van der Waals surface area contributed by atoms with Gasteiger partial charge < -0.3 is 19.5 Å². The summed E-state index contributed by atoms with van der Waals surface area (Å²) in [6.45, 7) is 4.31. The Morgan fingerprint density at radius 1 is 0.919 bits per heavy atom. The normalized spacial score (nSPS) is 14.0. The van der Waals surface area contributed by atoms with E-state index in [1.54, 1.807) is 51.7 Å². The molecule has 1 aliphatic carbocycles. The lowest BCUT2D eigenvalue weighted by Gasteiger charge is -2.32. The predicted molar refractivity (Wildman–Crippen MR) is 141 cm³/mol. The number of aromatic nitrogens is 1. The van der Waals surface area contributed by atoms with Crippen LogP contribution in [-0.2, 0) is 12.8 Å². The van der Waals surface area contributed by atoms with Crippen LogP contribution in [0.1, 0.15) is 52.2 Å². The number of benzene rings is 2. The lowest BCUT2D eigenvalue weighted by Crippen LogP contribution is -2.39. The molecule has 3 aromatic rings. The molecule has 8 nitrogen and oxygen atoms in total. The second kappa shape index (κ2) is 10.5. The molecule has 4 rings (SSSR count). The van der Waals surface area contributed by atoms with Crippen molar-refractivity contribution in [2.24, 2.45) is 5.41 Å². The summed E-state index contributed by atoms with van der Waals surface area (Å²) in [5.41, 5.74) is 1.74. The lowest BCUT2D eigenvalue weighted by atomic mass is 9.75. The van der Waals surface area contributed by atoms with Gasteiger partial charge in [0.1, 0.15) is 11.3 Å². The van der Waals surface area contributed by atoms with Gasteiger partial charge in [-0.15, -0.1) is 0 Å². The van der Waals surface area contributed by atoms with Crippen LogP contribution < -0.4 is 25.1 Å². The first-order chi connectivity index (χ1) is 17.7. The van der Waals surface area contributed by atoms with E-state index < -0.39 is 11.5 Å². The van der Waals surface area contributed by atoms with E-state index in [0.29, 0.717) is 60.0 Å². The van der Waals surface area contributed by atoms with Crippen LogP contribution in [0.5, 0.6) is 17.2 Å². The molecular weight excluding hydrogens is 472 g/mol. The highest BCUT2D eigenvalue weighted by Gasteiger charge is 2.35. The summed E-state index contributed by atoms with van der Waals surface area (Å²) >= 11 is 0. The van der Waals surface area contributed by atoms with Crippen molar-refractivity contribution in [1.29, 1.82) is 0 Å². The Labute approximate surface area is 216 Å². The minimum Gasteiger partial charge on any atom is -0.497 e. The van der Waals surface area contributed by atoms with E-state index in [1.165, 1.54) is 10.6 Å². The summed E-state index contributed by atoms with van der Waals surface area (Å²) in [6.07, 6.45) is 1.41. The quantitative estimate of drug-likeness (QED) is 0.498. The van der Waals surface area contributed by atoms with E-state index >= 15 is 0 Å². The molecule has 1 N–H and O–H groups in total. The van der Waals surface area contributed by atoms with Crippen molar-refractivity contribution in [3.63, 3.8) is 0 Å². The molecule has 8 heteroatoms. The van der Waals surface area contributed by atoms with Gasteiger partial charge in [-0.05, 0) is 66.3 Å². The number of methoxy groups -OCH3 is 3. The predicted octanol–water partition coefficient (Wildman–Crippen LogP) is 3.99. The van der Waals surface area contributed by atoms with Crippen LogP contribution in [0.2, 0.25) is 0 Å². The zero-order valence-corrected chi connectivity index (χ0v) is 21.8. The van der Waals surface area contributed by atoms with Crippen LogP contribution in [0.4, 0.5) is 0 Å². The molecule has 0 saturated heterocycles. The topological polar surface area (TPSA) is 95.9 Å². The van der Waals surface area contributed by atoms with E-state index in [9.17, 15) is 14.4 Å². The SMILES string of the molecule is COc1ccc(-n2c3c(cc(C(=O)NCCc4ccc(OC)c(OC)c4)c2=O)C(=O)CC(C)(C)C3)cc1. The molecule has 1 heterocycles. The van der Waals surface area contributed by atoms with Crippen molar-refractivity contribution in [3.05, 3.63) is 81.3 Å². The fourth-order valence-electron chi connectivity index (χ4n) is 4.73. The number of Topliss-reactive ketones (excluding diaryl/α,β-unsaturated/α-hetero) is 1. The van der Waals surface area contributed by atoms with Gasteiger partial charge in [-0.3, -0.25) is 19.0 Å². The number of ketones is 1. The van der Waals surface area contributed by atoms with E-state index in [4.69, 9.17) is 14.2 Å². The first kappa shape index (κ1) is 26.0. The monoisotopic (exact) mass is 504 g/mol. The van der Waals surface area contributed by atoms with Crippen LogP contribution in [-0.4, -0.2) is 44.1 Å². The number of nitrogens with one attached hydrogen (secondary N) is 1. The first-order valence-electron chi connectivity index (χ1n) is 12.1. The summed E-state index contributed by atoms with van der Waals surface area (Å²) < 4.78 is 17.4. The number of carbonyl (C=O) groups is 2. The van der Waals surface area contributed by atoms with Crippen molar-refractivity contribution in [3.8, 4) is 22.9 Å².